The van der Waals surface area contributed by atoms with Gasteiger partial charge >= 0.3 is 12.0 Å². The number of hydrogen-bond acceptors (Lipinski definition) is 7. The molecule has 0 aliphatic carbocycles. The van der Waals surface area contributed by atoms with Crippen LogP contribution in [0.15, 0.2) is 0 Å². The van der Waals surface area contributed by atoms with E-state index in [9.17, 15) is 0 Å². The molecule has 0 radical (unpaired) electrons. The van der Waals surface area contributed by atoms with Gasteiger partial charge in [-0.25, -0.2) is 0 Å². The molecule has 0 saturated heterocycles. The van der Waals surface area contributed by atoms with Crippen molar-refractivity contribution >= 4 is 5.95 Å². The Morgan fingerprint density at radius 2 is 2.00 bits per heavy atom. The molecular formula is C9H16N4O3. The Labute approximate surface area is 93.9 Å². The maximum Gasteiger partial charge on any atom is 0.324 e. The minimum atomic E-state index is 0.0717. The number of aromatic nitrogens is 3. The first-order valence-electron chi connectivity index (χ1n) is 5.07. The number of methoxy groups -OCH3 is 1. The molecule has 0 spiro atoms. The van der Waals surface area contributed by atoms with Crippen molar-refractivity contribution in [2.75, 3.05) is 32.2 Å². The van der Waals surface area contributed by atoms with Crippen LogP contribution in [0.3, 0.4) is 0 Å². The van der Waals surface area contributed by atoms with Crippen LogP contribution in [0, 0.1) is 0 Å². The molecule has 0 aliphatic rings. The zero-order valence-electron chi connectivity index (χ0n) is 9.43. The van der Waals surface area contributed by atoms with Gasteiger partial charge in [-0.2, -0.15) is 9.97 Å². The summed E-state index contributed by atoms with van der Waals surface area (Å²) in [5.74, 6) is 0.411. The Morgan fingerprint density at radius 3 is 2.62 bits per heavy atom. The lowest BCUT2D eigenvalue weighted by atomic mass is 10.5. The molecule has 0 unspecified atom stereocenters. The fourth-order valence-electron chi connectivity index (χ4n) is 0.959. The van der Waals surface area contributed by atoms with E-state index in [-0.39, 0.29) is 18.6 Å². The molecule has 0 aliphatic heterocycles. The van der Waals surface area contributed by atoms with Gasteiger partial charge in [0.05, 0.1) is 13.7 Å². The van der Waals surface area contributed by atoms with E-state index in [1.54, 1.807) is 0 Å². The van der Waals surface area contributed by atoms with E-state index in [0.717, 1.165) is 0 Å². The lowest BCUT2D eigenvalue weighted by Gasteiger charge is -2.07. The lowest BCUT2D eigenvalue weighted by Crippen LogP contribution is -2.09. The minimum Gasteiger partial charge on any atom is -0.467 e. The molecule has 0 fully saturated rings. The highest BCUT2D eigenvalue weighted by molar-refractivity contribution is 5.26. The van der Waals surface area contributed by atoms with Crippen molar-refractivity contribution in [3.63, 3.8) is 0 Å². The van der Waals surface area contributed by atoms with E-state index in [1.165, 1.54) is 7.11 Å². The Hall–Kier alpha value is -1.63. The number of nitrogens with one attached hydrogen (secondary N) is 1. The predicted octanol–water partition coefficient (Wildman–Crippen LogP) is 0.0732. The molecule has 1 aromatic heterocycles. The van der Waals surface area contributed by atoms with Gasteiger partial charge in [0.15, 0.2) is 0 Å². The molecule has 1 heterocycles. The average Bonchev–Trinajstić information content (AvgIpc) is 2.29. The number of rotatable bonds is 7. The first kappa shape index (κ1) is 12.4. The fraction of sp³-hybridized carbons (Fsp3) is 0.667. The number of nitrogens with zero attached hydrogens (tertiary/aromatic N) is 3. The van der Waals surface area contributed by atoms with Crippen molar-refractivity contribution in [3.05, 3.63) is 0 Å². The van der Waals surface area contributed by atoms with Crippen molar-refractivity contribution in [2.45, 2.75) is 13.3 Å². The standard InChI is InChI=1S/C9H16N4O3/c1-3-10-7-11-8(15-2)13-9(12-7)16-6-4-5-14/h14H,3-6H2,1-2H3,(H,10,11,12,13). The van der Waals surface area contributed by atoms with E-state index in [1.807, 2.05) is 6.92 Å². The van der Waals surface area contributed by atoms with Crippen molar-refractivity contribution in [1.29, 1.82) is 0 Å². The summed E-state index contributed by atoms with van der Waals surface area (Å²) in [6, 6.07) is 0.390. The third-order valence-corrected chi connectivity index (χ3v) is 1.65. The molecule has 0 bridgehead atoms. The van der Waals surface area contributed by atoms with Gasteiger partial charge in [-0.1, -0.05) is 0 Å². The molecule has 90 valence electrons. The molecule has 1 aromatic rings. The molecule has 0 amide bonds. The van der Waals surface area contributed by atoms with Crippen LogP contribution in [0.1, 0.15) is 13.3 Å². The monoisotopic (exact) mass is 228 g/mol. The second-order valence-electron chi connectivity index (χ2n) is 2.88. The zero-order valence-corrected chi connectivity index (χ0v) is 9.43. The third-order valence-electron chi connectivity index (χ3n) is 1.65. The summed E-state index contributed by atoms with van der Waals surface area (Å²) < 4.78 is 10.2. The van der Waals surface area contributed by atoms with Crippen molar-refractivity contribution in [3.8, 4) is 12.0 Å². The van der Waals surface area contributed by atoms with Crippen LogP contribution in [-0.4, -0.2) is 46.9 Å². The summed E-state index contributed by atoms with van der Waals surface area (Å²) in [7, 11) is 1.47. The van der Waals surface area contributed by atoms with Gasteiger partial charge in [0.25, 0.3) is 0 Å². The van der Waals surface area contributed by atoms with Crippen LogP contribution >= 0.6 is 0 Å². The van der Waals surface area contributed by atoms with Crippen LogP contribution in [0.5, 0.6) is 12.0 Å². The van der Waals surface area contributed by atoms with Gasteiger partial charge < -0.3 is 19.9 Å². The van der Waals surface area contributed by atoms with E-state index < -0.39 is 0 Å². The summed E-state index contributed by atoms with van der Waals surface area (Å²) in [6.07, 6.45) is 0.532. The SMILES string of the molecule is CCNc1nc(OC)nc(OCCCO)n1. The normalized spacial score (nSPS) is 9.94. The Kier molecular flexibility index (Phi) is 5.27. The molecule has 2 N–H and O–H groups in total. The lowest BCUT2D eigenvalue weighted by molar-refractivity contribution is 0.221. The van der Waals surface area contributed by atoms with E-state index >= 15 is 0 Å². The van der Waals surface area contributed by atoms with Crippen LogP contribution in [-0.2, 0) is 0 Å². The molecule has 0 aromatic carbocycles. The largest absolute Gasteiger partial charge is 0.467 e. The van der Waals surface area contributed by atoms with Gasteiger partial charge in [0.2, 0.25) is 5.95 Å². The van der Waals surface area contributed by atoms with Gasteiger partial charge in [0, 0.05) is 19.6 Å². The van der Waals surface area contributed by atoms with E-state index in [4.69, 9.17) is 14.6 Å². The molecule has 7 heteroatoms. The first-order valence-corrected chi connectivity index (χ1v) is 5.07. The maximum atomic E-state index is 8.61. The summed E-state index contributed by atoms with van der Waals surface area (Å²) in [4.78, 5) is 11.9. The van der Waals surface area contributed by atoms with Crippen molar-refractivity contribution in [2.24, 2.45) is 0 Å². The third kappa shape index (κ3) is 3.85. The van der Waals surface area contributed by atoms with Gasteiger partial charge in [-0.3, -0.25) is 0 Å². The zero-order chi connectivity index (χ0) is 11.8. The van der Waals surface area contributed by atoms with Crippen LogP contribution in [0.2, 0.25) is 0 Å². The first-order chi connectivity index (χ1) is 7.80. The molecule has 7 nitrogen and oxygen atoms in total. The van der Waals surface area contributed by atoms with Crippen LogP contribution < -0.4 is 14.8 Å². The second-order valence-corrected chi connectivity index (χ2v) is 2.88. The molecule has 1 rings (SSSR count). The van der Waals surface area contributed by atoms with Gasteiger partial charge in [0.1, 0.15) is 0 Å². The maximum absolute atomic E-state index is 8.61. The summed E-state index contributed by atoms with van der Waals surface area (Å²) in [6.45, 7) is 3.06. The molecule has 0 saturated carbocycles. The Morgan fingerprint density at radius 1 is 1.25 bits per heavy atom. The number of aliphatic hydroxyl groups excluding tert-OH is 1. The average molecular weight is 228 g/mol. The summed E-state index contributed by atoms with van der Waals surface area (Å²) in [5.41, 5.74) is 0. The molecule has 0 atom stereocenters. The number of anilines is 1. The highest BCUT2D eigenvalue weighted by Gasteiger charge is 2.06. The number of hydrogen-bond donors (Lipinski definition) is 2. The number of ether oxygens (including phenoxy) is 2. The van der Waals surface area contributed by atoms with E-state index in [2.05, 4.69) is 20.3 Å². The van der Waals surface area contributed by atoms with Crippen LogP contribution in [0.25, 0.3) is 0 Å². The second kappa shape index (κ2) is 6.78. The Balaban J connectivity index is 2.69. The van der Waals surface area contributed by atoms with Crippen molar-refractivity contribution in [1.82, 2.24) is 15.0 Å². The van der Waals surface area contributed by atoms with E-state index in [0.29, 0.717) is 25.5 Å². The Bertz CT molecular complexity index is 322. The fourth-order valence-corrected chi connectivity index (χ4v) is 0.959. The minimum absolute atomic E-state index is 0.0717. The smallest absolute Gasteiger partial charge is 0.324 e. The number of aliphatic hydroxyl groups is 1. The van der Waals surface area contributed by atoms with Gasteiger partial charge in [-0.15, -0.1) is 4.98 Å². The highest BCUT2D eigenvalue weighted by Crippen LogP contribution is 2.12. The van der Waals surface area contributed by atoms with Crippen molar-refractivity contribution < 1.29 is 14.6 Å². The highest BCUT2D eigenvalue weighted by atomic mass is 16.5. The van der Waals surface area contributed by atoms with Gasteiger partial charge in [-0.05, 0) is 6.92 Å². The topological polar surface area (TPSA) is 89.4 Å². The summed E-state index contributed by atoms with van der Waals surface area (Å²) in [5, 5.41) is 11.6. The molecule has 16 heavy (non-hydrogen) atoms. The van der Waals surface area contributed by atoms with Crippen LogP contribution in [0.4, 0.5) is 5.95 Å². The quantitative estimate of drug-likeness (QED) is 0.638. The molecular weight excluding hydrogens is 212 g/mol. The predicted molar refractivity (Wildman–Crippen MR) is 57.7 cm³/mol. The summed E-state index contributed by atoms with van der Waals surface area (Å²) >= 11 is 0.